The van der Waals surface area contributed by atoms with Crippen molar-refractivity contribution in [1.29, 1.82) is 0 Å². The Morgan fingerprint density at radius 1 is 0.909 bits per heavy atom. The molecule has 1 aliphatic carbocycles. The number of ether oxygens (including phenoxy) is 5. The van der Waals surface area contributed by atoms with Crippen molar-refractivity contribution in [2.45, 2.75) is 70.1 Å². The predicted molar refractivity (Wildman–Crippen MR) is 81.8 cm³/mol. The zero-order chi connectivity index (χ0) is 15.2. The van der Waals surface area contributed by atoms with Gasteiger partial charge in [0, 0.05) is 6.61 Å². The first-order chi connectivity index (χ1) is 10.8. The first-order valence-electron chi connectivity index (χ1n) is 8.87. The molecule has 1 saturated carbocycles. The largest absolute Gasteiger partial charge is 0.376 e. The van der Waals surface area contributed by atoms with Crippen molar-refractivity contribution < 1.29 is 23.7 Å². The fourth-order valence-electron chi connectivity index (χ4n) is 3.40. The van der Waals surface area contributed by atoms with E-state index in [1.54, 1.807) is 0 Å². The van der Waals surface area contributed by atoms with Crippen molar-refractivity contribution in [2.24, 2.45) is 5.92 Å². The van der Waals surface area contributed by atoms with Gasteiger partial charge in [-0.2, -0.15) is 0 Å². The standard InChI is InChI=1S/C17H30O5/c1-13-8-14(10-15(9-13)21-11-16-12-22-16)18-6-7-20-17-4-2-3-5-19-17/h13-17H,2-12H2,1H3. The van der Waals surface area contributed by atoms with Gasteiger partial charge < -0.3 is 23.7 Å². The zero-order valence-corrected chi connectivity index (χ0v) is 13.7. The van der Waals surface area contributed by atoms with Gasteiger partial charge in [0.1, 0.15) is 6.10 Å². The Labute approximate surface area is 133 Å². The van der Waals surface area contributed by atoms with Crippen molar-refractivity contribution in [3.63, 3.8) is 0 Å². The Morgan fingerprint density at radius 3 is 2.41 bits per heavy atom. The van der Waals surface area contributed by atoms with Crippen LogP contribution in [0.25, 0.3) is 0 Å². The van der Waals surface area contributed by atoms with E-state index < -0.39 is 0 Å². The van der Waals surface area contributed by atoms with Gasteiger partial charge in [0.25, 0.3) is 0 Å². The van der Waals surface area contributed by atoms with Crippen LogP contribution in [-0.2, 0) is 23.7 Å². The number of rotatable bonds is 8. The molecule has 2 heterocycles. The van der Waals surface area contributed by atoms with Gasteiger partial charge >= 0.3 is 0 Å². The predicted octanol–water partition coefficient (Wildman–Crippen LogP) is 2.52. The second-order valence-electron chi connectivity index (χ2n) is 6.88. The second-order valence-corrected chi connectivity index (χ2v) is 6.88. The van der Waals surface area contributed by atoms with Crippen LogP contribution in [0, 0.1) is 5.92 Å². The Hall–Kier alpha value is -0.200. The molecule has 3 rings (SSSR count). The van der Waals surface area contributed by atoms with E-state index in [0.29, 0.717) is 37.4 Å². The summed E-state index contributed by atoms with van der Waals surface area (Å²) in [4.78, 5) is 0. The molecular weight excluding hydrogens is 284 g/mol. The number of hydrogen-bond donors (Lipinski definition) is 0. The van der Waals surface area contributed by atoms with Crippen LogP contribution in [0.2, 0.25) is 0 Å². The van der Waals surface area contributed by atoms with E-state index in [4.69, 9.17) is 23.7 Å². The van der Waals surface area contributed by atoms with Gasteiger partial charge in [0.2, 0.25) is 0 Å². The molecule has 5 unspecified atom stereocenters. The molecule has 5 nitrogen and oxygen atoms in total. The third-order valence-corrected chi connectivity index (χ3v) is 4.66. The summed E-state index contributed by atoms with van der Waals surface area (Å²) in [6.07, 6.45) is 7.58. The lowest BCUT2D eigenvalue weighted by atomic mass is 9.86. The van der Waals surface area contributed by atoms with Crippen LogP contribution in [0.3, 0.4) is 0 Å². The van der Waals surface area contributed by atoms with Crippen LogP contribution in [0.15, 0.2) is 0 Å². The number of epoxide rings is 1. The molecule has 3 aliphatic rings. The lowest BCUT2D eigenvalue weighted by molar-refractivity contribution is -0.174. The minimum Gasteiger partial charge on any atom is -0.376 e. The molecule has 2 aliphatic heterocycles. The quantitative estimate of drug-likeness (QED) is 0.509. The monoisotopic (exact) mass is 314 g/mol. The average molecular weight is 314 g/mol. The molecule has 0 aromatic carbocycles. The molecule has 128 valence electrons. The molecule has 0 bridgehead atoms. The van der Waals surface area contributed by atoms with Gasteiger partial charge in [-0.1, -0.05) is 6.92 Å². The summed E-state index contributed by atoms with van der Waals surface area (Å²) in [7, 11) is 0. The normalized spacial score (nSPS) is 38.9. The van der Waals surface area contributed by atoms with E-state index in [-0.39, 0.29) is 6.29 Å². The van der Waals surface area contributed by atoms with Crippen LogP contribution >= 0.6 is 0 Å². The molecule has 5 heteroatoms. The Balaban J connectivity index is 1.28. The summed E-state index contributed by atoms with van der Waals surface area (Å²) in [5, 5.41) is 0. The minimum absolute atomic E-state index is 0.0164. The molecule has 5 atom stereocenters. The second kappa shape index (κ2) is 8.60. The molecular formula is C17H30O5. The van der Waals surface area contributed by atoms with Gasteiger partial charge in [-0.15, -0.1) is 0 Å². The number of hydrogen-bond acceptors (Lipinski definition) is 5. The molecule has 0 aromatic rings. The highest BCUT2D eigenvalue weighted by Crippen LogP contribution is 2.29. The molecule has 0 amide bonds. The van der Waals surface area contributed by atoms with Crippen LogP contribution in [0.5, 0.6) is 0 Å². The van der Waals surface area contributed by atoms with E-state index >= 15 is 0 Å². The zero-order valence-electron chi connectivity index (χ0n) is 13.7. The van der Waals surface area contributed by atoms with E-state index in [2.05, 4.69) is 6.92 Å². The van der Waals surface area contributed by atoms with Crippen molar-refractivity contribution in [3.8, 4) is 0 Å². The highest BCUT2D eigenvalue weighted by Gasteiger charge is 2.30. The first-order valence-corrected chi connectivity index (χ1v) is 8.87. The van der Waals surface area contributed by atoms with Crippen LogP contribution in [-0.4, -0.2) is 57.6 Å². The maximum Gasteiger partial charge on any atom is 0.157 e. The molecule has 0 N–H and O–H groups in total. The fraction of sp³-hybridized carbons (Fsp3) is 1.00. The molecule has 2 saturated heterocycles. The first kappa shape index (κ1) is 16.7. The topological polar surface area (TPSA) is 49.5 Å². The average Bonchev–Trinajstić information content (AvgIpc) is 3.35. The van der Waals surface area contributed by atoms with Crippen molar-refractivity contribution in [2.75, 3.05) is 33.0 Å². The summed E-state index contributed by atoms with van der Waals surface area (Å²) in [5.41, 5.74) is 0. The van der Waals surface area contributed by atoms with Gasteiger partial charge in [0.05, 0.1) is 38.6 Å². The van der Waals surface area contributed by atoms with Crippen LogP contribution in [0.4, 0.5) is 0 Å². The Kier molecular flexibility index (Phi) is 6.51. The maximum atomic E-state index is 6.01. The summed E-state index contributed by atoms with van der Waals surface area (Å²) < 4.78 is 28.4. The Morgan fingerprint density at radius 2 is 1.68 bits per heavy atom. The SMILES string of the molecule is CC1CC(OCCOC2CCCCO2)CC(OCC2CO2)C1. The summed E-state index contributed by atoms with van der Waals surface area (Å²) in [5.74, 6) is 0.659. The molecule has 22 heavy (non-hydrogen) atoms. The molecule has 0 spiro atoms. The lowest BCUT2D eigenvalue weighted by Crippen LogP contribution is -2.34. The van der Waals surface area contributed by atoms with E-state index in [0.717, 1.165) is 51.9 Å². The Bertz CT molecular complexity index is 314. The van der Waals surface area contributed by atoms with E-state index in [1.165, 1.54) is 6.42 Å². The highest BCUT2D eigenvalue weighted by atomic mass is 16.7. The summed E-state index contributed by atoms with van der Waals surface area (Å²) in [6, 6.07) is 0. The third-order valence-electron chi connectivity index (χ3n) is 4.66. The molecule has 3 fully saturated rings. The summed E-state index contributed by atoms with van der Waals surface area (Å²) in [6.45, 7) is 5.99. The molecule has 0 radical (unpaired) electrons. The fourth-order valence-corrected chi connectivity index (χ4v) is 3.40. The van der Waals surface area contributed by atoms with E-state index in [9.17, 15) is 0 Å². The third kappa shape index (κ3) is 5.78. The minimum atomic E-state index is -0.0164. The smallest absolute Gasteiger partial charge is 0.157 e. The van der Waals surface area contributed by atoms with Crippen molar-refractivity contribution >= 4 is 0 Å². The van der Waals surface area contributed by atoms with E-state index in [1.807, 2.05) is 0 Å². The molecule has 0 aromatic heterocycles. The van der Waals surface area contributed by atoms with Crippen LogP contribution < -0.4 is 0 Å². The summed E-state index contributed by atoms with van der Waals surface area (Å²) >= 11 is 0. The van der Waals surface area contributed by atoms with Gasteiger partial charge in [0.15, 0.2) is 6.29 Å². The highest BCUT2D eigenvalue weighted by molar-refractivity contribution is 4.79. The van der Waals surface area contributed by atoms with Gasteiger partial charge in [-0.05, 0) is 44.4 Å². The van der Waals surface area contributed by atoms with Crippen molar-refractivity contribution in [3.05, 3.63) is 0 Å². The lowest BCUT2D eigenvalue weighted by Gasteiger charge is -2.33. The van der Waals surface area contributed by atoms with Gasteiger partial charge in [-0.25, -0.2) is 0 Å². The van der Waals surface area contributed by atoms with Crippen LogP contribution in [0.1, 0.15) is 45.4 Å². The van der Waals surface area contributed by atoms with Crippen molar-refractivity contribution in [1.82, 2.24) is 0 Å². The van der Waals surface area contributed by atoms with Gasteiger partial charge in [-0.3, -0.25) is 0 Å². The maximum absolute atomic E-state index is 6.01.